The van der Waals surface area contributed by atoms with Crippen LogP contribution in [0.5, 0.6) is 0 Å². The minimum absolute atomic E-state index is 0.285. The second kappa shape index (κ2) is 9.31. The van der Waals surface area contributed by atoms with Crippen molar-refractivity contribution in [2.75, 3.05) is 37.8 Å². The number of halogens is 1. The number of carbonyl (C=O) groups excluding carboxylic acids is 1. The predicted molar refractivity (Wildman–Crippen MR) is 109 cm³/mol. The summed E-state index contributed by atoms with van der Waals surface area (Å²) < 4.78 is 31.7. The summed E-state index contributed by atoms with van der Waals surface area (Å²) in [5.41, 5.74) is 1.00. The molecule has 1 fully saturated rings. The van der Waals surface area contributed by atoms with E-state index in [0.29, 0.717) is 60.2 Å². The van der Waals surface area contributed by atoms with Crippen LogP contribution < -0.4 is 4.90 Å². The Bertz CT molecular complexity index is 1020. The highest BCUT2D eigenvalue weighted by Gasteiger charge is 2.23. The maximum atomic E-state index is 13.9. The van der Waals surface area contributed by atoms with E-state index in [0.717, 1.165) is 0 Å². The fourth-order valence-corrected chi connectivity index (χ4v) is 4.04. The highest BCUT2D eigenvalue weighted by atomic mass is 32.2. The summed E-state index contributed by atoms with van der Waals surface area (Å²) >= 11 is 1.35. The highest BCUT2D eigenvalue weighted by Crippen LogP contribution is 2.30. The first-order chi connectivity index (χ1) is 14.7. The summed E-state index contributed by atoms with van der Waals surface area (Å²) in [6.45, 7) is 4.56. The first-order valence-electron chi connectivity index (χ1n) is 9.57. The van der Waals surface area contributed by atoms with E-state index in [9.17, 15) is 9.18 Å². The van der Waals surface area contributed by atoms with Crippen molar-refractivity contribution in [2.24, 2.45) is 0 Å². The molecule has 0 saturated carbocycles. The van der Waals surface area contributed by atoms with Crippen molar-refractivity contribution in [2.45, 2.75) is 17.8 Å². The molecule has 30 heavy (non-hydrogen) atoms. The second-order valence-electron chi connectivity index (χ2n) is 6.46. The Labute approximate surface area is 177 Å². The number of esters is 1. The number of ether oxygens (including phenoxy) is 2. The average molecular weight is 432 g/mol. The Morgan fingerprint density at radius 1 is 1.27 bits per heavy atom. The highest BCUT2D eigenvalue weighted by molar-refractivity contribution is 7.98. The van der Waals surface area contributed by atoms with Crippen LogP contribution in [0, 0.1) is 5.82 Å². The fourth-order valence-electron chi connectivity index (χ4n) is 3.14. The van der Waals surface area contributed by atoms with Crippen molar-refractivity contribution in [3.05, 3.63) is 53.7 Å². The topological polar surface area (TPSA) is 82.6 Å². The lowest BCUT2D eigenvalue weighted by Gasteiger charge is -2.27. The van der Waals surface area contributed by atoms with Crippen LogP contribution >= 0.6 is 11.8 Å². The molecule has 0 spiro atoms. The molecule has 1 saturated heterocycles. The SMILES string of the molecule is CCOC(=O)c1ccoc1CSc1nnc(N2CCOCC2)n1-c1cccc(F)c1. The van der Waals surface area contributed by atoms with E-state index < -0.39 is 5.97 Å². The van der Waals surface area contributed by atoms with Crippen LogP contribution in [0.3, 0.4) is 0 Å². The molecule has 10 heteroatoms. The lowest BCUT2D eigenvalue weighted by molar-refractivity contribution is 0.0524. The molecule has 8 nitrogen and oxygen atoms in total. The van der Waals surface area contributed by atoms with Crippen LogP contribution in [0.4, 0.5) is 10.3 Å². The molecule has 3 heterocycles. The summed E-state index contributed by atoms with van der Waals surface area (Å²) in [6.07, 6.45) is 1.46. The van der Waals surface area contributed by atoms with Gasteiger partial charge in [0.1, 0.15) is 17.1 Å². The number of carbonyl (C=O) groups is 1. The van der Waals surface area contributed by atoms with E-state index in [4.69, 9.17) is 13.9 Å². The molecule has 1 aliphatic heterocycles. The van der Waals surface area contributed by atoms with Gasteiger partial charge in [0.2, 0.25) is 5.95 Å². The minimum Gasteiger partial charge on any atom is -0.468 e. The Kier molecular flexibility index (Phi) is 6.34. The molecule has 1 aromatic carbocycles. The van der Waals surface area contributed by atoms with Crippen molar-refractivity contribution in [1.29, 1.82) is 0 Å². The van der Waals surface area contributed by atoms with Crippen LogP contribution in [-0.4, -0.2) is 53.6 Å². The largest absolute Gasteiger partial charge is 0.468 e. The molecule has 0 bridgehead atoms. The number of morpholine rings is 1. The van der Waals surface area contributed by atoms with Crippen LogP contribution in [-0.2, 0) is 15.2 Å². The van der Waals surface area contributed by atoms with E-state index in [-0.39, 0.29) is 12.4 Å². The van der Waals surface area contributed by atoms with Gasteiger partial charge in [0.25, 0.3) is 0 Å². The van der Waals surface area contributed by atoms with Crippen molar-refractivity contribution >= 4 is 23.7 Å². The molecule has 0 aliphatic carbocycles. The number of hydrogen-bond acceptors (Lipinski definition) is 8. The van der Waals surface area contributed by atoms with Gasteiger partial charge in [-0.15, -0.1) is 10.2 Å². The number of anilines is 1. The summed E-state index contributed by atoms with van der Waals surface area (Å²) in [5.74, 6) is 0.678. The zero-order chi connectivity index (χ0) is 20.9. The molecule has 0 amide bonds. The van der Waals surface area contributed by atoms with Crippen molar-refractivity contribution in [3.63, 3.8) is 0 Å². The lowest BCUT2D eigenvalue weighted by atomic mass is 10.3. The van der Waals surface area contributed by atoms with Gasteiger partial charge in [0.15, 0.2) is 5.16 Å². The number of rotatable bonds is 7. The normalized spacial score (nSPS) is 14.1. The number of nitrogens with zero attached hydrogens (tertiary/aromatic N) is 4. The maximum absolute atomic E-state index is 13.9. The molecular formula is C20H21FN4O4S. The monoisotopic (exact) mass is 432 g/mol. The first-order valence-corrected chi connectivity index (χ1v) is 10.6. The standard InChI is InChI=1S/C20H21FN4O4S/c1-2-28-18(26)16-6-9-29-17(16)13-30-20-23-22-19(24-7-10-27-11-8-24)25(20)15-5-3-4-14(21)12-15/h3-6,9,12H,2,7-8,10-11,13H2,1H3. The van der Waals surface area contributed by atoms with Gasteiger partial charge < -0.3 is 18.8 Å². The molecule has 3 aromatic rings. The third kappa shape index (κ3) is 4.34. The zero-order valence-electron chi connectivity index (χ0n) is 16.4. The fraction of sp³-hybridized carbons (Fsp3) is 0.350. The van der Waals surface area contributed by atoms with Crippen LogP contribution in [0.15, 0.2) is 46.2 Å². The van der Waals surface area contributed by atoms with Gasteiger partial charge in [-0.25, -0.2) is 9.18 Å². The minimum atomic E-state index is -0.428. The average Bonchev–Trinajstić information content (AvgIpc) is 3.40. The Morgan fingerprint density at radius 2 is 2.10 bits per heavy atom. The second-order valence-corrected chi connectivity index (χ2v) is 7.41. The summed E-state index contributed by atoms with van der Waals surface area (Å²) in [6, 6.07) is 7.87. The molecule has 0 unspecified atom stereocenters. The predicted octanol–water partition coefficient (Wildman–Crippen LogP) is 3.31. The van der Waals surface area contributed by atoms with Gasteiger partial charge >= 0.3 is 5.97 Å². The Hall–Kier alpha value is -2.85. The quantitative estimate of drug-likeness (QED) is 0.415. The molecule has 0 atom stereocenters. The Balaban J connectivity index is 1.63. The van der Waals surface area contributed by atoms with Gasteiger partial charge in [-0.05, 0) is 31.2 Å². The smallest absolute Gasteiger partial charge is 0.341 e. The summed E-state index contributed by atoms with van der Waals surface area (Å²) in [5, 5.41) is 9.23. The molecule has 0 N–H and O–H groups in total. The molecule has 0 radical (unpaired) electrons. The van der Waals surface area contributed by atoms with Gasteiger partial charge in [-0.3, -0.25) is 4.57 Å². The zero-order valence-corrected chi connectivity index (χ0v) is 17.2. The van der Waals surface area contributed by atoms with E-state index in [1.165, 1.54) is 30.2 Å². The van der Waals surface area contributed by atoms with E-state index in [2.05, 4.69) is 15.1 Å². The third-order valence-electron chi connectivity index (χ3n) is 4.55. The van der Waals surface area contributed by atoms with E-state index >= 15 is 0 Å². The number of thioether (sulfide) groups is 1. The maximum Gasteiger partial charge on any atom is 0.341 e. The van der Waals surface area contributed by atoms with Crippen LogP contribution in [0.1, 0.15) is 23.0 Å². The third-order valence-corrected chi connectivity index (χ3v) is 5.48. The van der Waals surface area contributed by atoms with Crippen LogP contribution in [0.25, 0.3) is 5.69 Å². The summed E-state index contributed by atoms with van der Waals surface area (Å²) in [7, 11) is 0. The van der Waals surface area contributed by atoms with E-state index in [1.54, 1.807) is 25.1 Å². The Morgan fingerprint density at radius 3 is 2.87 bits per heavy atom. The number of benzene rings is 1. The number of furan rings is 1. The van der Waals surface area contributed by atoms with Crippen molar-refractivity contribution in [3.8, 4) is 5.69 Å². The van der Waals surface area contributed by atoms with Gasteiger partial charge in [0.05, 0.1) is 37.5 Å². The lowest BCUT2D eigenvalue weighted by Crippen LogP contribution is -2.37. The first kappa shape index (κ1) is 20.4. The van der Waals surface area contributed by atoms with Crippen molar-refractivity contribution < 1.29 is 23.1 Å². The van der Waals surface area contributed by atoms with Crippen molar-refractivity contribution in [1.82, 2.24) is 14.8 Å². The molecule has 158 valence electrons. The molecule has 2 aromatic heterocycles. The summed E-state index contributed by atoms with van der Waals surface area (Å²) in [4.78, 5) is 14.1. The van der Waals surface area contributed by atoms with Crippen LogP contribution in [0.2, 0.25) is 0 Å². The number of hydrogen-bond donors (Lipinski definition) is 0. The molecule has 1 aliphatic rings. The molecular weight excluding hydrogens is 411 g/mol. The van der Waals surface area contributed by atoms with Gasteiger partial charge in [0, 0.05) is 13.1 Å². The molecule has 4 rings (SSSR count). The van der Waals surface area contributed by atoms with Gasteiger partial charge in [-0.2, -0.15) is 0 Å². The number of aromatic nitrogens is 3. The van der Waals surface area contributed by atoms with E-state index in [1.807, 2.05) is 4.57 Å². The van der Waals surface area contributed by atoms with Gasteiger partial charge in [-0.1, -0.05) is 17.8 Å².